The van der Waals surface area contributed by atoms with Crippen molar-refractivity contribution >= 4 is 22.6 Å². The predicted molar refractivity (Wildman–Crippen MR) is 63.2 cm³/mol. The number of halogens is 1. The van der Waals surface area contributed by atoms with E-state index in [-0.39, 0.29) is 0 Å². The number of aromatic nitrogens is 3. The molecule has 0 saturated heterocycles. The minimum absolute atomic E-state index is 0.530. The Bertz CT molecular complexity index is 590. The van der Waals surface area contributed by atoms with E-state index in [1.165, 1.54) is 12.8 Å². The Morgan fingerprint density at radius 2 is 2.31 bits per heavy atom. The van der Waals surface area contributed by atoms with E-state index in [4.69, 9.17) is 18.0 Å². The van der Waals surface area contributed by atoms with E-state index < -0.39 is 0 Å². The topological polar surface area (TPSA) is 30.7 Å². The van der Waals surface area contributed by atoms with E-state index in [9.17, 15) is 0 Å². The number of rotatable bonds is 2. The smallest absolute Gasteiger partial charge is 0.133 e. The molecule has 16 heavy (non-hydrogen) atoms. The molecule has 80 valence electrons. The Hall–Kier alpha value is -1.53. The minimum Gasteiger partial charge on any atom is -0.244 e. The zero-order chi connectivity index (χ0) is 11.1. The second-order valence-corrected chi connectivity index (χ2v) is 4.53. The van der Waals surface area contributed by atoms with Crippen LogP contribution < -0.4 is 0 Å². The van der Waals surface area contributed by atoms with Gasteiger partial charge in [-0.05, 0) is 30.9 Å². The second kappa shape index (κ2) is 3.50. The molecule has 0 amide bonds. The average Bonchev–Trinajstić information content (AvgIpc) is 3.00. The lowest BCUT2D eigenvalue weighted by Crippen LogP contribution is -2.01. The minimum atomic E-state index is 0.530. The van der Waals surface area contributed by atoms with E-state index in [2.05, 4.69) is 16.2 Å². The molecule has 0 N–H and O–H groups in total. The molecular weight excluding hydrogens is 222 g/mol. The lowest BCUT2D eigenvalue weighted by atomic mass is 10.2. The standard InChI is InChI=1S/C12H10ClN3/c1-2-9-5-6-10-12(11(9)13)14-15-16(10)7-8-3-4-8/h1,5-6,8H,3-4,7H2. The number of terminal acetylenes is 1. The van der Waals surface area contributed by atoms with E-state index in [0.29, 0.717) is 16.1 Å². The van der Waals surface area contributed by atoms with Crippen LogP contribution in [0.25, 0.3) is 11.0 Å². The first-order valence-corrected chi connectivity index (χ1v) is 5.65. The van der Waals surface area contributed by atoms with Gasteiger partial charge in [-0.1, -0.05) is 22.7 Å². The number of fused-ring (bicyclic) bond motifs is 1. The highest BCUT2D eigenvalue weighted by Crippen LogP contribution is 2.32. The molecule has 3 rings (SSSR count). The third kappa shape index (κ3) is 1.46. The Kier molecular flexibility index (Phi) is 2.12. The van der Waals surface area contributed by atoms with Crippen LogP contribution in [0.2, 0.25) is 5.02 Å². The number of nitrogens with zero attached hydrogens (tertiary/aromatic N) is 3. The number of hydrogen-bond acceptors (Lipinski definition) is 2. The molecule has 2 aromatic rings. The molecule has 0 bridgehead atoms. The molecule has 1 aromatic heterocycles. The summed E-state index contributed by atoms with van der Waals surface area (Å²) < 4.78 is 1.92. The van der Waals surface area contributed by atoms with Crippen molar-refractivity contribution in [2.24, 2.45) is 5.92 Å². The van der Waals surface area contributed by atoms with Crippen LogP contribution in [0.5, 0.6) is 0 Å². The van der Waals surface area contributed by atoms with Gasteiger partial charge in [-0.3, -0.25) is 0 Å². The summed E-state index contributed by atoms with van der Waals surface area (Å²) in [7, 11) is 0. The van der Waals surface area contributed by atoms with Crippen molar-refractivity contribution in [3.63, 3.8) is 0 Å². The summed E-state index contributed by atoms with van der Waals surface area (Å²) in [6.07, 6.45) is 7.93. The maximum absolute atomic E-state index is 6.15. The molecule has 1 aromatic carbocycles. The van der Waals surface area contributed by atoms with Crippen molar-refractivity contribution in [2.45, 2.75) is 19.4 Å². The largest absolute Gasteiger partial charge is 0.244 e. The first-order chi connectivity index (χ1) is 7.79. The van der Waals surface area contributed by atoms with Crippen LogP contribution in [-0.4, -0.2) is 15.0 Å². The summed E-state index contributed by atoms with van der Waals surface area (Å²) in [5.41, 5.74) is 2.35. The fourth-order valence-electron chi connectivity index (χ4n) is 1.80. The van der Waals surface area contributed by atoms with Crippen LogP contribution in [0.1, 0.15) is 18.4 Å². The highest BCUT2D eigenvalue weighted by molar-refractivity contribution is 6.36. The molecule has 1 heterocycles. The normalized spacial score (nSPS) is 15.2. The molecule has 1 fully saturated rings. The average molecular weight is 232 g/mol. The van der Waals surface area contributed by atoms with E-state index >= 15 is 0 Å². The Balaban J connectivity index is 2.13. The maximum Gasteiger partial charge on any atom is 0.133 e. The van der Waals surface area contributed by atoms with Crippen LogP contribution in [0.3, 0.4) is 0 Å². The summed E-state index contributed by atoms with van der Waals surface area (Å²) in [5, 5.41) is 8.75. The molecule has 4 heteroatoms. The van der Waals surface area contributed by atoms with Crippen LogP contribution >= 0.6 is 11.6 Å². The van der Waals surface area contributed by atoms with Gasteiger partial charge in [0, 0.05) is 12.1 Å². The molecule has 1 saturated carbocycles. The lowest BCUT2D eigenvalue weighted by Gasteiger charge is -2.01. The van der Waals surface area contributed by atoms with E-state index in [1.807, 2.05) is 16.8 Å². The van der Waals surface area contributed by atoms with Gasteiger partial charge in [-0.15, -0.1) is 11.5 Å². The summed E-state index contributed by atoms with van der Waals surface area (Å²) >= 11 is 6.15. The van der Waals surface area contributed by atoms with Crippen molar-refractivity contribution < 1.29 is 0 Å². The van der Waals surface area contributed by atoms with Crippen molar-refractivity contribution in [1.29, 1.82) is 0 Å². The van der Waals surface area contributed by atoms with E-state index in [1.54, 1.807) is 0 Å². The summed E-state index contributed by atoms with van der Waals surface area (Å²) in [6, 6.07) is 3.79. The molecule has 0 unspecified atom stereocenters. The Morgan fingerprint density at radius 3 is 3.00 bits per heavy atom. The van der Waals surface area contributed by atoms with Gasteiger partial charge in [-0.2, -0.15) is 0 Å². The Morgan fingerprint density at radius 1 is 1.50 bits per heavy atom. The molecule has 3 nitrogen and oxygen atoms in total. The summed E-state index contributed by atoms with van der Waals surface area (Å²) in [4.78, 5) is 0. The third-order valence-corrected chi connectivity index (χ3v) is 3.29. The fraction of sp³-hybridized carbons (Fsp3) is 0.333. The first kappa shape index (κ1) is 9.68. The summed E-state index contributed by atoms with van der Waals surface area (Å²) in [6.45, 7) is 0.933. The molecule has 1 aliphatic rings. The highest BCUT2D eigenvalue weighted by atomic mass is 35.5. The number of hydrogen-bond donors (Lipinski definition) is 0. The van der Waals surface area contributed by atoms with Crippen LogP contribution in [0.15, 0.2) is 12.1 Å². The summed E-state index contributed by atoms with van der Waals surface area (Å²) in [5.74, 6) is 3.30. The number of benzene rings is 1. The fourth-order valence-corrected chi connectivity index (χ4v) is 2.05. The van der Waals surface area contributed by atoms with Gasteiger partial charge in [0.15, 0.2) is 0 Å². The molecular formula is C12H10ClN3. The third-order valence-electron chi connectivity index (χ3n) is 2.91. The molecule has 1 aliphatic carbocycles. The Labute approximate surface area is 98.4 Å². The second-order valence-electron chi connectivity index (χ2n) is 4.15. The van der Waals surface area contributed by atoms with E-state index in [0.717, 1.165) is 18.0 Å². The van der Waals surface area contributed by atoms with Gasteiger partial charge in [0.05, 0.1) is 10.5 Å². The van der Waals surface area contributed by atoms with Crippen LogP contribution in [0.4, 0.5) is 0 Å². The quantitative estimate of drug-likeness (QED) is 0.744. The van der Waals surface area contributed by atoms with Crippen LogP contribution in [0, 0.1) is 18.3 Å². The zero-order valence-corrected chi connectivity index (χ0v) is 9.41. The van der Waals surface area contributed by atoms with Gasteiger partial charge in [0.2, 0.25) is 0 Å². The van der Waals surface area contributed by atoms with Crippen molar-refractivity contribution in [1.82, 2.24) is 15.0 Å². The van der Waals surface area contributed by atoms with Gasteiger partial charge in [-0.25, -0.2) is 4.68 Å². The highest BCUT2D eigenvalue weighted by Gasteiger charge is 2.23. The van der Waals surface area contributed by atoms with Gasteiger partial charge < -0.3 is 0 Å². The van der Waals surface area contributed by atoms with Crippen molar-refractivity contribution in [3.8, 4) is 12.3 Å². The monoisotopic (exact) mass is 231 g/mol. The van der Waals surface area contributed by atoms with Crippen LogP contribution in [-0.2, 0) is 6.54 Å². The SMILES string of the molecule is C#Cc1ccc2c(nnn2CC2CC2)c1Cl. The first-order valence-electron chi connectivity index (χ1n) is 5.28. The lowest BCUT2D eigenvalue weighted by molar-refractivity contribution is 0.559. The predicted octanol–water partition coefficient (Wildman–Crippen LogP) is 2.48. The van der Waals surface area contributed by atoms with Crippen molar-refractivity contribution in [2.75, 3.05) is 0 Å². The molecule has 0 aliphatic heterocycles. The molecule has 0 radical (unpaired) electrons. The van der Waals surface area contributed by atoms with Crippen molar-refractivity contribution in [3.05, 3.63) is 22.7 Å². The van der Waals surface area contributed by atoms with Gasteiger partial charge in [0.1, 0.15) is 5.52 Å². The van der Waals surface area contributed by atoms with Gasteiger partial charge in [0.25, 0.3) is 0 Å². The zero-order valence-electron chi connectivity index (χ0n) is 8.65. The maximum atomic E-state index is 6.15. The van der Waals surface area contributed by atoms with Gasteiger partial charge >= 0.3 is 0 Å². The molecule has 0 atom stereocenters. The molecule has 0 spiro atoms.